The van der Waals surface area contributed by atoms with Gasteiger partial charge in [-0.15, -0.1) is 0 Å². The lowest BCUT2D eigenvalue weighted by molar-refractivity contribution is 0.0680. The van der Waals surface area contributed by atoms with Gasteiger partial charge in [0.15, 0.2) is 0 Å². The Kier molecular flexibility index (Phi) is 6.07. The summed E-state index contributed by atoms with van der Waals surface area (Å²) < 4.78 is 6.32. The maximum absolute atomic E-state index is 10.6. The molecule has 0 bridgehead atoms. The Bertz CT molecular complexity index is 756. The van der Waals surface area contributed by atoms with Crippen molar-refractivity contribution in [1.29, 1.82) is 0 Å². The minimum Gasteiger partial charge on any atom is -0.482 e. The van der Waals surface area contributed by atoms with Gasteiger partial charge in [-0.3, -0.25) is 0 Å². The molecule has 2 aliphatic rings. The highest BCUT2D eigenvalue weighted by Gasteiger charge is 2.39. The first-order chi connectivity index (χ1) is 12.1. The third-order valence-electron chi connectivity index (χ3n) is 4.48. The second-order valence-electron chi connectivity index (χ2n) is 6.28. The first-order valence-electron chi connectivity index (χ1n) is 9.37. The summed E-state index contributed by atoms with van der Waals surface area (Å²) in [6, 6.07) is 16.4. The fourth-order valence-electron chi connectivity index (χ4n) is 3.49. The standard InChI is InChI=1S/C19H18O2.2C2H6/c1-19(2)15-10-6-5-9-14(15)17-16(20)11-12-7-3-4-8-13(12)18(17)21-19;2*1-2/h3-10,16,20H,11H2,1-2H3;2*1-2H3. The maximum atomic E-state index is 10.6. The van der Waals surface area contributed by atoms with Crippen LogP contribution in [-0.2, 0) is 16.8 Å². The average molecular weight is 338 g/mol. The number of hydrogen-bond acceptors (Lipinski definition) is 2. The second kappa shape index (κ2) is 7.88. The van der Waals surface area contributed by atoms with Crippen LogP contribution in [0.5, 0.6) is 0 Å². The number of aliphatic hydroxyl groups excluding tert-OH is 1. The first-order valence-corrected chi connectivity index (χ1v) is 9.37. The molecule has 1 aliphatic carbocycles. The van der Waals surface area contributed by atoms with Crippen molar-refractivity contribution in [3.05, 3.63) is 70.8 Å². The number of rotatable bonds is 0. The van der Waals surface area contributed by atoms with Gasteiger partial charge in [0.25, 0.3) is 0 Å². The molecule has 1 unspecified atom stereocenters. The predicted octanol–water partition coefficient (Wildman–Crippen LogP) is 5.79. The molecule has 2 aromatic rings. The highest BCUT2D eigenvalue weighted by molar-refractivity contribution is 5.94. The van der Waals surface area contributed by atoms with E-state index in [1.165, 1.54) is 0 Å². The van der Waals surface area contributed by atoms with Crippen LogP contribution in [0.1, 0.15) is 63.8 Å². The van der Waals surface area contributed by atoms with Gasteiger partial charge in [-0.2, -0.15) is 0 Å². The van der Waals surface area contributed by atoms with Gasteiger partial charge < -0.3 is 9.84 Å². The molecule has 0 fully saturated rings. The van der Waals surface area contributed by atoms with Crippen LogP contribution in [0.25, 0.3) is 11.3 Å². The molecule has 4 rings (SSSR count). The summed E-state index contributed by atoms with van der Waals surface area (Å²) in [5, 5.41) is 10.6. The van der Waals surface area contributed by atoms with Gasteiger partial charge in [0.1, 0.15) is 11.4 Å². The topological polar surface area (TPSA) is 29.5 Å². The third kappa shape index (κ3) is 3.36. The summed E-state index contributed by atoms with van der Waals surface area (Å²) in [5.41, 5.74) is 5.07. The molecule has 0 saturated carbocycles. The van der Waals surface area contributed by atoms with E-state index in [2.05, 4.69) is 38.1 Å². The van der Waals surface area contributed by atoms with E-state index in [0.29, 0.717) is 6.42 Å². The lowest BCUT2D eigenvalue weighted by Gasteiger charge is -2.40. The van der Waals surface area contributed by atoms with Crippen molar-refractivity contribution in [2.75, 3.05) is 0 Å². The molecule has 1 aliphatic heterocycles. The Morgan fingerprint density at radius 1 is 0.880 bits per heavy atom. The van der Waals surface area contributed by atoms with Gasteiger partial charge in [0.2, 0.25) is 0 Å². The van der Waals surface area contributed by atoms with Crippen molar-refractivity contribution in [2.45, 2.75) is 59.7 Å². The molecule has 0 saturated heterocycles. The molecule has 2 heteroatoms. The third-order valence-corrected chi connectivity index (χ3v) is 4.48. The van der Waals surface area contributed by atoms with Crippen molar-refractivity contribution in [3.8, 4) is 0 Å². The van der Waals surface area contributed by atoms with Crippen LogP contribution in [0.3, 0.4) is 0 Å². The fraction of sp³-hybridized carbons (Fsp3) is 0.391. The van der Waals surface area contributed by atoms with Crippen molar-refractivity contribution >= 4 is 11.3 Å². The number of ether oxygens (including phenoxy) is 1. The Labute approximate surface area is 152 Å². The van der Waals surface area contributed by atoms with E-state index in [-0.39, 0.29) is 5.60 Å². The van der Waals surface area contributed by atoms with Crippen LogP contribution in [0.15, 0.2) is 48.5 Å². The highest BCUT2D eigenvalue weighted by Crippen LogP contribution is 2.48. The number of benzene rings is 2. The van der Waals surface area contributed by atoms with Crippen molar-refractivity contribution in [2.24, 2.45) is 0 Å². The molecule has 2 nitrogen and oxygen atoms in total. The molecule has 1 heterocycles. The Hall–Kier alpha value is -2.06. The largest absolute Gasteiger partial charge is 0.482 e. The smallest absolute Gasteiger partial charge is 0.134 e. The van der Waals surface area contributed by atoms with Crippen LogP contribution in [0.4, 0.5) is 0 Å². The molecule has 134 valence electrons. The molecule has 2 aromatic carbocycles. The van der Waals surface area contributed by atoms with E-state index in [9.17, 15) is 5.11 Å². The van der Waals surface area contributed by atoms with Gasteiger partial charge in [-0.05, 0) is 25.0 Å². The zero-order chi connectivity index (χ0) is 18.6. The summed E-state index contributed by atoms with van der Waals surface area (Å²) in [6.07, 6.45) is 0.139. The summed E-state index contributed by atoms with van der Waals surface area (Å²) in [7, 11) is 0. The van der Waals surface area contributed by atoms with Gasteiger partial charge in [0, 0.05) is 23.1 Å². The molecule has 1 N–H and O–H groups in total. The SMILES string of the molecule is CC.CC.CC1(C)OC2=C(c3ccccc31)C(O)Cc1ccccc12. The van der Waals surface area contributed by atoms with E-state index in [1.54, 1.807) is 0 Å². The van der Waals surface area contributed by atoms with Crippen LogP contribution in [0, 0.1) is 0 Å². The molecular weight excluding hydrogens is 308 g/mol. The van der Waals surface area contributed by atoms with E-state index in [1.807, 2.05) is 52.0 Å². The van der Waals surface area contributed by atoms with Gasteiger partial charge >= 0.3 is 0 Å². The second-order valence-corrected chi connectivity index (χ2v) is 6.28. The van der Waals surface area contributed by atoms with Gasteiger partial charge in [-0.25, -0.2) is 0 Å². The fourth-order valence-corrected chi connectivity index (χ4v) is 3.49. The minimum absolute atomic E-state index is 0.389. The average Bonchev–Trinajstić information content (AvgIpc) is 2.65. The minimum atomic E-state index is -0.507. The van der Waals surface area contributed by atoms with E-state index in [4.69, 9.17) is 4.74 Å². The molecule has 0 aromatic heterocycles. The van der Waals surface area contributed by atoms with E-state index < -0.39 is 6.10 Å². The van der Waals surface area contributed by atoms with Crippen LogP contribution in [-0.4, -0.2) is 11.2 Å². The Morgan fingerprint density at radius 3 is 2.12 bits per heavy atom. The summed E-state index contributed by atoms with van der Waals surface area (Å²) >= 11 is 0. The maximum Gasteiger partial charge on any atom is 0.134 e. The van der Waals surface area contributed by atoms with Crippen molar-refractivity contribution < 1.29 is 9.84 Å². The summed E-state index contributed by atoms with van der Waals surface area (Å²) in [6.45, 7) is 12.2. The number of fused-ring (bicyclic) bond motifs is 4. The molecule has 1 atom stereocenters. The van der Waals surface area contributed by atoms with Crippen LogP contribution >= 0.6 is 0 Å². The first kappa shape index (κ1) is 19.3. The quantitative estimate of drug-likeness (QED) is 0.659. The van der Waals surface area contributed by atoms with E-state index in [0.717, 1.165) is 33.6 Å². The van der Waals surface area contributed by atoms with Crippen molar-refractivity contribution in [1.82, 2.24) is 0 Å². The Balaban J connectivity index is 0.000000528. The van der Waals surface area contributed by atoms with E-state index >= 15 is 0 Å². The lowest BCUT2D eigenvalue weighted by atomic mass is 9.78. The lowest BCUT2D eigenvalue weighted by Crippen LogP contribution is -2.32. The predicted molar refractivity (Wildman–Crippen MR) is 106 cm³/mol. The van der Waals surface area contributed by atoms with Crippen molar-refractivity contribution in [3.63, 3.8) is 0 Å². The number of aliphatic hydroxyl groups is 1. The zero-order valence-electron chi connectivity index (χ0n) is 16.3. The number of hydrogen-bond donors (Lipinski definition) is 1. The zero-order valence-corrected chi connectivity index (χ0v) is 16.3. The molecule has 0 radical (unpaired) electrons. The molecular formula is C23H30O2. The Morgan fingerprint density at radius 2 is 1.44 bits per heavy atom. The normalized spacial score (nSPS) is 18.9. The summed E-state index contributed by atoms with van der Waals surface area (Å²) in [5.74, 6) is 0.841. The van der Waals surface area contributed by atoms with Gasteiger partial charge in [0.05, 0.1) is 6.10 Å². The highest BCUT2D eigenvalue weighted by atomic mass is 16.5. The van der Waals surface area contributed by atoms with Crippen LogP contribution < -0.4 is 0 Å². The monoisotopic (exact) mass is 338 g/mol. The van der Waals surface area contributed by atoms with Crippen LogP contribution in [0.2, 0.25) is 0 Å². The molecule has 25 heavy (non-hydrogen) atoms. The summed E-state index contributed by atoms with van der Waals surface area (Å²) in [4.78, 5) is 0. The van der Waals surface area contributed by atoms with Gasteiger partial charge in [-0.1, -0.05) is 76.2 Å². The molecule has 0 amide bonds. The molecule has 0 spiro atoms.